The van der Waals surface area contributed by atoms with Crippen LogP contribution in [0.4, 0.5) is 5.69 Å². The Morgan fingerprint density at radius 1 is 1.17 bits per heavy atom. The van der Waals surface area contributed by atoms with Gasteiger partial charge in [0, 0.05) is 23.7 Å². The van der Waals surface area contributed by atoms with Gasteiger partial charge in [0.25, 0.3) is 11.5 Å². The van der Waals surface area contributed by atoms with Crippen molar-refractivity contribution in [1.82, 2.24) is 9.78 Å². The van der Waals surface area contributed by atoms with E-state index in [0.29, 0.717) is 35.0 Å². The maximum atomic E-state index is 13.0. The van der Waals surface area contributed by atoms with E-state index in [0.717, 1.165) is 0 Å². The highest BCUT2D eigenvalue weighted by atomic mass is 32.2. The molecule has 0 aliphatic carbocycles. The fraction of sp³-hybridized carbons (Fsp3) is 0.333. The molecule has 0 fully saturated rings. The van der Waals surface area contributed by atoms with E-state index in [1.165, 1.54) is 27.8 Å². The summed E-state index contributed by atoms with van der Waals surface area (Å²) in [5.74, 6) is -1.16. The van der Waals surface area contributed by atoms with Gasteiger partial charge in [-0.15, -0.1) is 0 Å². The molecule has 0 spiro atoms. The summed E-state index contributed by atoms with van der Waals surface area (Å²) in [7, 11) is -3.87. The Kier molecular flexibility index (Phi) is 6.48. The van der Waals surface area contributed by atoms with Gasteiger partial charge in [0.05, 0.1) is 10.3 Å². The molecule has 4 rings (SSSR count). The lowest BCUT2D eigenvalue weighted by atomic mass is 10.1. The lowest BCUT2D eigenvalue weighted by molar-refractivity contribution is -0.122. The molecule has 0 radical (unpaired) electrons. The number of rotatable bonds is 6. The minimum atomic E-state index is -3.87. The minimum Gasteiger partial charge on any atom is -0.451 e. The molecule has 1 aliphatic rings. The van der Waals surface area contributed by atoms with Crippen LogP contribution in [0.3, 0.4) is 0 Å². The normalized spacial score (nSPS) is 15.5. The number of nitrogens with two attached hydrogens (primary N) is 1. The summed E-state index contributed by atoms with van der Waals surface area (Å²) in [5, 5.41) is 10.1. The molecule has 2 N–H and O–H groups in total. The van der Waals surface area contributed by atoms with E-state index < -0.39 is 28.5 Å². The summed E-state index contributed by atoms with van der Waals surface area (Å²) in [6.07, 6.45) is 0.435. The highest BCUT2D eigenvalue weighted by Gasteiger charge is 2.32. The van der Waals surface area contributed by atoms with Gasteiger partial charge in [-0.3, -0.25) is 9.59 Å². The molecule has 0 saturated heterocycles. The Morgan fingerprint density at radius 2 is 1.86 bits per heavy atom. The van der Waals surface area contributed by atoms with E-state index in [1.54, 1.807) is 24.3 Å². The molecule has 1 atom stereocenters. The van der Waals surface area contributed by atoms with Crippen LogP contribution in [0.2, 0.25) is 0 Å². The molecule has 2 aromatic carbocycles. The van der Waals surface area contributed by atoms with Crippen molar-refractivity contribution >= 4 is 38.4 Å². The van der Waals surface area contributed by atoms with E-state index in [2.05, 4.69) is 5.10 Å². The Bertz CT molecular complexity index is 1500. The van der Waals surface area contributed by atoms with Crippen LogP contribution < -0.4 is 15.6 Å². The van der Waals surface area contributed by atoms with Gasteiger partial charge in [-0.2, -0.15) is 5.10 Å². The van der Waals surface area contributed by atoms with Crippen LogP contribution in [-0.4, -0.2) is 42.7 Å². The largest absolute Gasteiger partial charge is 0.451 e. The van der Waals surface area contributed by atoms with E-state index in [-0.39, 0.29) is 28.1 Å². The molecule has 1 amide bonds. The van der Waals surface area contributed by atoms with Gasteiger partial charge in [0.1, 0.15) is 0 Å². The molecular weight excluding hydrogens is 472 g/mol. The number of hydrogen-bond acceptors (Lipinski definition) is 7. The van der Waals surface area contributed by atoms with Gasteiger partial charge in [0.2, 0.25) is 10.0 Å². The molecule has 10 nitrogen and oxygen atoms in total. The van der Waals surface area contributed by atoms with Gasteiger partial charge in [-0.25, -0.2) is 23.0 Å². The maximum absolute atomic E-state index is 13.0. The summed E-state index contributed by atoms with van der Waals surface area (Å²) >= 11 is 0. The van der Waals surface area contributed by atoms with Gasteiger partial charge in [-0.05, 0) is 49.1 Å². The van der Waals surface area contributed by atoms with Crippen LogP contribution in [0, 0.1) is 5.92 Å². The standard InChI is InChI=1S/C24H26N4O6S/c1-14(2)12-27-23(30)19-7-5-4-6-18(19)22(26-27)24(31)34-13-21(29)28-15(3)10-16-11-17(35(25,32)33)8-9-20(16)28/h4-9,11,14-15H,10,12-13H2,1-3H3,(H2,25,32,33). The van der Waals surface area contributed by atoms with Gasteiger partial charge in [0.15, 0.2) is 12.3 Å². The summed E-state index contributed by atoms with van der Waals surface area (Å²) in [5.41, 5.74) is 0.863. The first-order valence-electron chi connectivity index (χ1n) is 11.1. The number of hydrogen-bond donors (Lipinski definition) is 1. The number of aromatic nitrogens is 2. The molecular formula is C24H26N4O6S. The number of carbonyl (C=O) groups is 2. The first-order chi connectivity index (χ1) is 16.5. The quantitative estimate of drug-likeness (QED) is 0.511. The predicted molar refractivity (Wildman–Crippen MR) is 130 cm³/mol. The topological polar surface area (TPSA) is 142 Å². The number of anilines is 1. The number of fused-ring (bicyclic) bond motifs is 2. The Labute approximate surface area is 202 Å². The number of amides is 1. The van der Waals surface area contributed by atoms with Crippen molar-refractivity contribution in [2.75, 3.05) is 11.5 Å². The number of esters is 1. The molecule has 0 bridgehead atoms. The molecule has 1 aliphatic heterocycles. The fourth-order valence-electron chi connectivity index (χ4n) is 4.29. The van der Waals surface area contributed by atoms with Crippen LogP contribution in [0.5, 0.6) is 0 Å². The Hall–Kier alpha value is -3.57. The van der Waals surface area contributed by atoms with E-state index in [1.807, 2.05) is 20.8 Å². The lowest BCUT2D eigenvalue weighted by Crippen LogP contribution is -2.39. The first kappa shape index (κ1) is 24.6. The molecule has 1 unspecified atom stereocenters. The van der Waals surface area contributed by atoms with E-state index in [9.17, 15) is 22.8 Å². The number of carbonyl (C=O) groups excluding carboxylic acids is 2. The molecule has 184 valence electrons. The summed E-state index contributed by atoms with van der Waals surface area (Å²) in [6.45, 7) is 5.46. The smallest absolute Gasteiger partial charge is 0.359 e. The van der Waals surface area contributed by atoms with Crippen molar-refractivity contribution in [3.8, 4) is 0 Å². The van der Waals surface area contributed by atoms with Crippen LogP contribution in [-0.2, 0) is 32.5 Å². The molecule has 11 heteroatoms. The number of ether oxygens (including phenoxy) is 1. The molecule has 35 heavy (non-hydrogen) atoms. The summed E-state index contributed by atoms with van der Waals surface area (Å²) < 4.78 is 29.9. The van der Waals surface area contributed by atoms with Crippen molar-refractivity contribution < 1.29 is 22.7 Å². The van der Waals surface area contributed by atoms with Gasteiger partial charge >= 0.3 is 5.97 Å². The average Bonchev–Trinajstić information content (AvgIpc) is 3.13. The number of primary sulfonamides is 1. The highest BCUT2D eigenvalue weighted by Crippen LogP contribution is 2.33. The highest BCUT2D eigenvalue weighted by molar-refractivity contribution is 7.89. The number of benzene rings is 2. The number of nitrogens with zero attached hydrogens (tertiary/aromatic N) is 3. The van der Waals surface area contributed by atoms with Gasteiger partial charge in [-0.1, -0.05) is 32.0 Å². The third kappa shape index (κ3) is 4.82. The summed E-state index contributed by atoms with van der Waals surface area (Å²) in [6, 6.07) is 10.7. The van der Waals surface area contributed by atoms with Crippen molar-refractivity contribution in [2.45, 2.75) is 44.7 Å². The lowest BCUT2D eigenvalue weighted by Gasteiger charge is -2.22. The van der Waals surface area contributed by atoms with Crippen molar-refractivity contribution in [1.29, 1.82) is 0 Å². The monoisotopic (exact) mass is 498 g/mol. The zero-order valence-corrected chi connectivity index (χ0v) is 20.4. The van der Waals surface area contributed by atoms with Crippen molar-refractivity contribution in [3.63, 3.8) is 0 Å². The second-order valence-electron chi connectivity index (χ2n) is 9.00. The van der Waals surface area contributed by atoms with Gasteiger partial charge < -0.3 is 9.64 Å². The second kappa shape index (κ2) is 9.23. The van der Waals surface area contributed by atoms with Crippen LogP contribution in [0.15, 0.2) is 52.2 Å². The molecule has 1 aromatic heterocycles. The Balaban J connectivity index is 1.58. The second-order valence-corrected chi connectivity index (χ2v) is 10.6. The van der Waals surface area contributed by atoms with Crippen LogP contribution in [0.1, 0.15) is 36.8 Å². The molecule has 2 heterocycles. The molecule has 3 aromatic rings. The first-order valence-corrected chi connectivity index (χ1v) is 12.7. The van der Waals surface area contributed by atoms with Crippen molar-refractivity contribution in [2.24, 2.45) is 11.1 Å². The van der Waals surface area contributed by atoms with Crippen LogP contribution in [0.25, 0.3) is 10.8 Å². The number of sulfonamides is 1. The zero-order valence-electron chi connectivity index (χ0n) is 19.6. The zero-order chi connectivity index (χ0) is 25.5. The average molecular weight is 499 g/mol. The van der Waals surface area contributed by atoms with E-state index in [4.69, 9.17) is 9.88 Å². The SMILES string of the molecule is CC(C)Cn1nc(C(=O)OCC(=O)N2c3ccc(S(N)(=O)=O)cc3CC2C)c2ccccc2c1=O. The Morgan fingerprint density at radius 3 is 2.51 bits per heavy atom. The van der Waals surface area contributed by atoms with E-state index >= 15 is 0 Å². The maximum Gasteiger partial charge on any atom is 0.359 e. The molecule has 0 saturated carbocycles. The van der Waals surface area contributed by atoms with Crippen molar-refractivity contribution in [3.05, 3.63) is 64.1 Å². The third-order valence-corrected chi connectivity index (χ3v) is 6.70. The third-order valence-electron chi connectivity index (χ3n) is 5.79. The minimum absolute atomic E-state index is 0.0290. The fourth-order valence-corrected chi connectivity index (χ4v) is 4.85. The predicted octanol–water partition coefficient (Wildman–Crippen LogP) is 1.83. The summed E-state index contributed by atoms with van der Waals surface area (Å²) in [4.78, 5) is 40.2. The van der Waals surface area contributed by atoms with Crippen LogP contribution >= 0.6 is 0 Å².